The summed E-state index contributed by atoms with van der Waals surface area (Å²) < 4.78 is 0. The molecule has 0 atom stereocenters. The average Bonchev–Trinajstić information content (AvgIpc) is 1.97. The molecule has 0 bridgehead atoms. The Hall–Kier alpha value is 0.850. The smallest absolute Gasteiger partial charge is 0.00921 e. The normalized spacial score (nSPS) is 7.00. The van der Waals surface area contributed by atoms with Gasteiger partial charge in [0.25, 0.3) is 0 Å². The van der Waals surface area contributed by atoms with Crippen LogP contribution >= 0.6 is 24.0 Å². The van der Waals surface area contributed by atoms with Gasteiger partial charge < -0.3 is 0 Å². The van der Waals surface area contributed by atoms with Gasteiger partial charge in [0.1, 0.15) is 0 Å². The van der Waals surface area contributed by atoms with E-state index < -0.39 is 0 Å². The molecule has 0 aliphatic carbocycles. The van der Waals surface area contributed by atoms with Crippen LogP contribution in [0.15, 0.2) is 12.2 Å². The van der Waals surface area contributed by atoms with Gasteiger partial charge >= 0.3 is 0 Å². The predicted molar refractivity (Wildman–Crippen MR) is 60.7 cm³/mol. The van der Waals surface area contributed by atoms with Gasteiger partial charge in [-0.1, -0.05) is 31.1 Å². The molecule has 0 rings (SSSR count). The van der Waals surface area contributed by atoms with Crippen LogP contribution in [0.4, 0.5) is 0 Å². The third kappa shape index (κ3) is 17.1. The second-order valence-corrected chi connectivity index (χ2v) is 1.92. The number of unbranched alkanes of at least 4 members (excludes halogenated alkanes) is 2. The maximum Gasteiger partial charge on any atom is 0.00921 e. The van der Waals surface area contributed by atoms with E-state index in [9.17, 15) is 0 Å². The quantitative estimate of drug-likeness (QED) is 0.418. The van der Waals surface area contributed by atoms with E-state index >= 15 is 0 Å². The Labute approximate surface area is 123 Å². The molecule has 0 saturated carbocycles. The maximum atomic E-state index is 4.96. The molecule has 0 spiro atoms. The van der Waals surface area contributed by atoms with E-state index in [4.69, 9.17) is 6.42 Å². The minimum Gasteiger partial charge on any atom is -0.115 e. The van der Waals surface area contributed by atoms with E-state index in [1.165, 1.54) is 12.8 Å². The largest absolute Gasteiger partial charge is 0.115 e. The Morgan fingerprint density at radius 2 is 2.00 bits per heavy atom. The summed E-state index contributed by atoms with van der Waals surface area (Å²) in [6, 6.07) is 0. The molecule has 0 heterocycles. The SMILES string of the molecule is C#C/C=C\C#CCCCC.I.[Ar]. The second kappa shape index (κ2) is 17.8. The van der Waals surface area contributed by atoms with Gasteiger partial charge in [-0.2, -0.15) is 0 Å². The van der Waals surface area contributed by atoms with Gasteiger partial charge in [-0.3, -0.25) is 0 Å². The number of rotatable bonds is 2. The molecule has 0 radical (unpaired) electrons. The van der Waals surface area contributed by atoms with Gasteiger partial charge in [-0.15, -0.1) is 30.4 Å². The van der Waals surface area contributed by atoms with Crippen molar-refractivity contribution in [3.05, 3.63) is 12.2 Å². The predicted octanol–water partition coefficient (Wildman–Crippen LogP) is 2.99. The molecule has 0 N–H and O–H groups in total. The Balaban J connectivity index is -0.000000405. The first-order chi connectivity index (χ1) is 4.91. The van der Waals surface area contributed by atoms with Crippen LogP contribution in [0.3, 0.4) is 0 Å². The maximum absolute atomic E-state index is 4.96. The summed E-state index contributed by atoms with van der Waals surface area (Å²) >= 11 is 0. The Morgan fingerprint density at radius 1 is 1.33 bits per heavy atom. The fourth-order valence-corrected chi connectivity index (χ4v) is 0.486. The second-order valence-electron chi connectivity index (χ2n) is 1.92. The standard InChI is InChI=1S/C10H12.Ar.HI/c1-3-5-7-9-10-8-6-4-2;;/h1,5,7H,4,6,8H2,2H3;;1H/b7-5-;;. The summed E-state index contributed by atoms with van der Waals surface area (Å²) in [6.07, 6.45) is 11.6. The minimum absolute atomic E-state index is 0. The summed E-state index contributed by atoms with van der Waals surface area (Å²) in [5.41, 5.74) is 0. The van der Waals surface area contributed by atoms with Crippen LogP contribution in [0.5, 0.6) is 0 Å². The van der Waals surface area contributed by atoms with Crippen molar-refractivity contribution in [3.63, 3.8) is 0 Å². The third-order valence-corrected chi connectivity index (χ3v) is 1.02. The van der Waals surface area contributed by atoms with E-state index in [0.29, 0.717) is 0 Å². The summed E-state index contributed by atoms with van der Waals surface area (Å²) in [4.78, 5) is 0. The molecule has 0 aliphatic rings. The molecule has 68 valence electrons. The van der Waals surface area contributed by atoms with Crippen LogP contribution in [0.1, 0.15) is 26.2 Å². The summed E-state index contributed by atoms with van der Waals surface area (Å²) in [5, 5.41) is 0. The molecule has 0 unspecified atom stereocenters. The van der Waals surface area contributed by atoms with Gasteiger partial charge in [0.2, 0.25) is 0 Å². The molecule has 12 heavy (non-hydrogen) atoms. The van der Waals surface area contributed by atoms with Crippen LogP contribution in [0, 0.1) is 61.9 Å². The van der Waals surface area contributed by atoms with Crippen molar-refractivity contribution in [1.82, 2.24) is 0 Å². The minimum atomic E-state index is 0. The Bertz CT molecular complexity index is 190. The first-order valence-corrected chi connectivity index (χ1v) is 3.51. The van der Waals surface area contributed by atoms with Gasteiger partial charge in [0.05, 0.1) is 0 Å². The molecule has 2 heteroatoms. The average molecular weight is 300 g/mol. The van der Waals surface area contributed by atoms with Crippen LogP contribution < -0.4 is 0 Å². The molecular weight excluding hydrogens is 287 g/mol. The molecule has 0 fully saturated rings. The summed E-state index contributed by atoms with van der Waals surface area (Å²) in [7, 11) is 0. The first-order valence-electron chi connectivity index (χ1n) is 3.51. The van der Waals surface area contributed by atoms with Gasteiger partial charge in [-0.25, -0.2) is 0 Å². The van der Waals surface area contributed by atoms with Gasteiger partial charge in [0, 0.05) is 44.2 Å². The van der Waals surface area contributed by atoms with E-state index in [0.717, 1.165) is 6.42 Å². The van der Waals surface area contributed by atoms with Gasteiger partial charge in [-0.05, 0) is 18.6 Å². The van der Waals surface area contributed by atoms with E-state index in [-0.39, 0.29) is 61.7 Å². The van der Waals surface area contributed by atoms with E-state index in [1.807, 2.05) is 0 Å². The van der Waals surface area contributed by atoms with Gasteiger partial charge in [0.15, 0.2) is 0 Å². The zero-order chi connectivity index (χ0) is 7.66. The molecule has 0 saturated heterocycles. The molecule has 0 nitrogen and oxygen atoms in total. The van der Waals surface area contributed by atoms with Crippen molar-refractivity contribution in [2.24, 2.45) is 0 Å². The molecule has 0 aromatic carbocycles. The molecule has 0 aromatic heterocycles. The monoisotopic (exact) mass is 300 g/mol. The van der Waals surface area contributed by atoms with Crippen molar-refractivity contribution in [1.29, 1.82) is 0 Å². The molecule has 0 amide bonds. The zero-order valence-electron chi connectivity index (χ0n) is 7.12. The van der Waals surface area contributed by atoms with Crippen LogP contribution in [-0.2, 0) is 0 Å². The summed E-state index contributed by atoms with van der Waals surface area (Å²) in [5.74, 6) is 8.21. The van der Waals surface area contributed by atoms with E-state index in [1.54, 1.807) is 12.2 Å². The van der Waals surface area contributed by atoms with Crippen molar-refractivity contribution in [2.75, 3.05) is 0 Å². The number of hydrogen-bond donors (Lipinski definition) is 0. The van der Waals surface area contributed by atoms with Crippen molar-refractivity contribution in [2.45, 2.75) is 26.2 Å². The van der Waals surface area contributed by atoms with Crippen LogP contribution in [0.25, 0.3) is 0 Å². The molecule has 0 aromatic rings. The fourth-order valence-electron chi connectivity index (χ4n) is 0.486. The van der Waals surface area contributed by atoms with Crippen molar-refractivity contribution >= 4 is 24.0 Å². The number of terminal acetylenes is 1. The van der Waals surface area contributed by atoms with Crippen molar-refractivity contribution in [3.8, 4) is 24.2 Å². The zero-order valence-corrected chi connectivity index (χ0v) is 10.2. The molecular formula is C10H13ArI. The summed E-state index contributed by atoms with van der Waals surface area (Å²) in [6.45, 7) is 2.15. The van der Waals surface area contributed by atoms with Crippen LogP contribution in [0.2, 0.25) is 0 Å². The fraction of sp³-hybridized carbons (Fsp3) is 0.400. The Morgan fingerprint density at radius 3 is 2.50 bits per heavy atom. The number of hydrogen-bond acceptors (Lipinski definition) is 0. The first kappa shape index (κ1) is 18.6. The molecule has 0 aliphatic heterocycles. The number of allylic oxidation sites excluding steroid dienone is 2. The number of halogens is 1. The third-order valence-electron chi connectivity index (χ3n) is 1.02. The van der Waals surface area contributed by atoms with E-state index in [2.05, 4.69) is 24.7 Å². The Kier molecular flexibility index (Phi) is 27.6. The topological polar surface area (TPSA) is 0 Å². The van der Waals surface area contributed by atoms with Crippen molar-refractivity contribution < 1.29 is 37.7 Å². The van der Waals surface area contributed by atoms with Crippen LogP contribution in [-0.4, -0.2) is 0 Å².